The third-order valence-electron chi connectivity index (χ3n) is 5.55. The van der Waals surface area contributed by atoms with Crippen molar-refractivity contribution in [1.82, 2.24) is 10.2 Å². The van der Waals surface area contributed by atoms with Crippen LogP contribution in [0.1, 0.15) is 44.1 Å². The molecule has 3 heteroatoms. The van der Waals surface area contributed by atoms with Crippen molar-refractivity contribution in [3.8, 4) is 5.75 Å². The van der Waals surface area contributed by atoms with E-state index >= 15 is 0 Å². The Bertz CT molecular complexity index is 462. The van der Waals surface area contributed by atoms with Crippen LogP contribution >= 0.6 is 0 Å². The lowest BCUT2D eigenvalue weighted by Gasteiger charge is -2.45. The maximum absolute atomic E-state index is 9.71. The number of nitrogens with one attached hydrogen (secondary N) is 1. The Morgan fingerprint density at radius 3 is 2.52 bits per heavy atom. The lowest BCUT2D eigenvalue weighted by molar-refractivity contribution is 0.0798. The number of rotatable bonds is 5. The summed E-state index contributed by atoms with van der Waals surface area (Å²) < 4.78 is 0. The number of phenolic OH excluding ortho intramolecular Hbond substituents is 1. The Balaban J connectivity index is 1.82. The van der Waals surface area contributed by atoms with Crippen molar-refractivity contribution in [3.63, 3.8) is 0 Å². The van der Waals surface area contributed by atoms with Crippen LogP contribution in [-0.2, 0) is 6.42 Å². The van der Waals surface area contributed by atoms with Crippen LogP contribution in [0, 0.1) is 0 Å². The molecule has 0 aromatic heterocycles. The van der Waals surface area contributed by atoms with E-state index in [0.29, 0.717) is 17.3 Å². The average Bonchev–Trinajstić information content (AvgIpc) is 3.16. The normalized spacial score (nSPS) is 23.5. The standard InChI is InChI=1S/C18H28N2O/c1-19-17(14-15-7-6-8-16(21)13-15)18(9-2-3-10-18)20-11-4-5-12-20/h6-8,13,17,19,21H,2-5,9-12,14H2,1H3. The molecule has 0 amide bonds. The number of likely N-dealkylation sites (N-methyl/N-ethyl adjacent to an activating group) is 1. The first-order valence-electron chi connectivity index (χ1n) is 8.45. The van der Waals surface area contributed by atoms with E-state index in [1.165, 1.54) is 57.2 Å². The molecule has 3 nitrogen and oxygen atoms in total. The predicted molar refractivity (Wildman–Crippen MR) is 86.7 cm³/mol. The summed E-state index contributed by atoms with van der Waals surface area (Å²) in [5, 5.41) is 13.3. The molecule has 1 saturated heterocycles. The molecule has 1 atom stereocenters. The summed E-state index contributed by atoms with van der Waals surface area (Å²) in [6.07, 6.45) is 9.05. The lowest BCUT2D eigenvalue weighted by Crippen LogP contribution is -2.59. The number of likely N-dealkylation sites (tertiary alicyclic amines) is 1. The van der Waals surface area contributed by atoms with Gasteiger partial charge in [0.2, 0.25) is 0 Å². The minimum Gasteiger partial charge on any atom is -0.508 e. The zero-order valence-electron chi connectivity index (χ0n) is 13.1. The Morgan fingerprint density at radius 2 is 1.90 bits per heavy atom. The molecule has 2 fully saturated rings. The number of hydrogen-bond acceptors (Lipinski definition) is 3. The van der Waals surface area contributed by atoms with Crippen molar-refractivity contribution in [1.29, 1.82) is 0 Å². The Labute approximate surface area is 128 Å². The molecule has 1 aromatic carbocycles. The number of phenols is 1. The van der Waals surface area contributed by atoms with Crippen LogP contribution in [0.3, 0.4) is 0 Å². The molecule has 2 aliphatic rings. The summed E-state index contributed by atoms with van der Waals surface area (Å²) in [4.78, 5) is 2.75. The smallest absolute Gasteiger partial charge is 0.115 e. The molecular weight excluding hydrogens is 260 g/mol. The van der Waals surface area contributed by atoms with Crippen molar-refractivity contribution in [2.45, 2.75) is 56.5 Å². The number of hydrogen-bond donors (Lipinski definition) is 2. The first kappa shape index (κ1) is 14.9. The van der Waals surface area contributed by atoms with Gasteiger partial charge in [-0.2, -0.15) is 0 Å². The van der Waals surface area contributed by atoms with Crippen molar-refractivity contribution in [2.24, 2.45) is 0 Å². The summed E-state index contributed by atoms with van der Waals surface area (Å²) in [6.45, 7) is 2.52. The van der Waals surface area contributed by atoms with Gasteiger partial charge in [-0.25, -0.2) is 0 Å². The van der Waals surface area contributed by atoms with Gasteiger partial charge in [0, 0.05) is 11.6 Å². The molecule has 1 unspecified atom stereocenters. The van der Waals surface area contributed by atoms with E-state index in [1.54, 1.807) is 6.07 Å². The Kier molecular flexibility index (Phi) is 4.51. The minimum absolute atomic E-state index is 0.330. The third-order valence-corrected chi connectivity index (χ3v) is 5.55. The van der Waals surface area contributed by atoms with Gasteiger partial charge in [-0.3, -0.25) is 4.90 Å². The van der Waals surface area contributed by atoms with Crippen LogP contribution in [0.25, 0.3) is 0 Å². The average molecular weight is 288 g/mol. The van der Waals surface area contributed by atoms with E-state index in [9.17, 15) is 5.11 Å². The SMILES string of the molecule is CNC(Cc1cccc(O)c1)C1(N2CCCC2)CCCC1. The highest BCUT2D eigenvalue weighted by Crippen LogP contribution is 2.41. The van der Waals surface area contributed by atoms with Gasteiger partial charge < -0.3 is 10.4 Å². The van der Waals surface area contributed by atoms with E-state index in [4.69, 9.17) is 0 Å². The molecule has 1 aromatic rings. The largest absolute Gasteiger partial charge is 0.508 e. The van der Waals surface area contributed by atoms with Crippen LogP contribution in [0.5, 0.6) is 5.75 Å². The van der Waals surface area contributed by atoms with Crippen LogP contribution in [-0.4, -0.2) is 41.7 Å². The highest BCUT2D eigenvalue weighted by atomic mass is 16.3. The van der Waals surface area contributed by atoms with Crippen LogP contribution in [0.15, 0.2) is 24.3 Å². The number of benzene rings is 1. The highest BCUT2D eigenvalue weighted by Gasteiger charge is 2.45. The van der Waals surface area contributed by atoms with Crippen LogP contribution < -0.4 is 5.32 Å². The Morgan fingerprint density at radius 1 is 1.19 bits per heavy atom. The molecule has 0 spiro atoms. The van der Waals surface area contributed by atoms with Crippen molar-refractivity contribution >= 4 is 0 Å². The van der Waals surface area contributed by atoms with Gasteiger partial charge in [0.15, 0.2) is 0 Å². The summed E-state index contributed by atoms with van der Waals surface area (Å²) in [5.41, 5.74) is 1.57. The maximum Gasteiger partial charge on any atom is 0.115 e. The predicted octanol–water partition coefficient (Wildman–Crippen LogP) is 2.93. The fourth-order valence-corrected chi connectivity index (χ4v) is 4.51. The van der Waals surface area contributed by atoms with Gasteiger partial charge in [0.05, 0.1) is 0 Å². The zero-order valence-corrected chi connectivity index (χ0v) is 13.1. The highest BCUT2D eigenvalue weighted by molar-refractivity contribution is 5.28. The number of nitrogens with zero attached hydrogens (tertiary/aromatic N) is 1. The molecule has 2 N–H and O–H groups in total. The van der Waals surface area contributed by atoms with E-state index in [1.807, 2.05) is 12.1 Å². The zero-order chi connectivity index (χ0) is 14.7. The maximum atomic E-state index is 9.71. The summed E-state index contributed by atoms with van der Waals surface area (Å²) in [7, 11) is 2.10. The van der Waals surface area contributed by atoms with Gasteiger partial charge in [0.1, 0.15) is 5.75 Å². The molecule has 1 aliphatic carbocycles. The van der Waals surface area contributed by atoms with Crippen molar-refractivity contribution in [3.05, 3.63) is 29.8 Å². The summed E-state index contributed by atoms with van der Waals surface area (Å²) in [6, 6.07) is 8.23. The van der Waals surface area contributed by atoms with Crippen LogP contribution in [0.2, 0.25) is 0 Å². The second kappa shape index (κ2) is 6.37. The number of aromatic hydroxyl groups is 1. The molecule has 3 rings (SSSR count). The van der Waals surface area contributed by atoms with Gasteiger partial charge in [0.25, 0.3) is 0 Å². The first-order chi connectivity index (χ1) is 10.2. The summed E-state index contributed by atoms with van der Waals surface area (Å²) >= 11 is 0. The van der Waals surface area contributed by atoms with Gasteiger partial charge in [-0.1, -0.05) is 25.0 Å². The molecule has 1 saturated carbocycles. The third kappa shape index (κ3) is 2.95. The van der Waals surface area contributed by atoms with Crippen molar-refractivity contribution < 1.29 is 5.11 Å². The topological polar surface area (TPSA) is 35.5 Å². The van der Waals surface area contributed by atoms with Crippen LogP contribution in [0.4, 0.5) is 0 Å². The van der Waals surface area contributed by atoms with E-state index in [2.05, 4.69) is 23.3 Å². The second-order valence-corrected chi connectivity index (χ2v) is 6.72. The molecular formula is C18H28N2O. The monoisotopic (exact) mass is 288 g/mol. The van der Waals surface area contributed by atoms with E-state index < -0.39 is 0 Å². The van der Waals surface area contributed by atoms with Crippen molar-refractivity contribution in [2.75, 3.05) is 20.1 Å². The fraction of sp³-hybridized carbons (Fsp3) is 0.667. The molecule has 21 heavy (non-hydrogen) atoms. The molecule has 1 heterocycles. The summed E-state index contributed by atoms with van der Waals surface area (Å²) in [5.74, 6) is 0.379. The van der Waals surface area contributed by atoms with Gasteiger partial charge in [-0.15, -0.1) is 0 Å². The second-order valence-electron chi connectivity index (χ2n) is 6.72. The first-order valence-corrected chi connectivity index (χ1v) is 8.45. The van der Waals surface area contributed by atoms with E-state index in [0.717, 1.165) is 6.42 Å². The Hall–Kier alpha value is -1.06. The molecule has 1 aliphatic heterocycles. The molecule has 116 valence electrons. The quantitative estimate of drug-likeness (QED) is 0.874. The van der Waals surface area contributed by atoms with Gasteiger partial charge in [-0.05, 0) is 69.9 Å². The fourth-order valence-electron chi connectivity index (χ4n) is 4.51. The minimum atomic E-state index is 0.330. The molecule has 0 radical (unpaired) electrons. The van der Waals surface area contributed by atoms with Gasteiger partial charge >= 0.3 is 0 Å². The van der Waals surface area contributed by atoms with E-state index in [-0.39, 0.29) is 0 Å². The lowest BCUT2D eigenvalue weighted by atomic mass is 9.82. The molecule has 0 bridgehead atoms.